The summed E-state index contributed by atoms with van der Waals surface area (Å²) in [5.74, 6) is -0.332. The van der Waals surface area contributed by atoms with E-state index in [-0.39, 0.29) is 16.9 Å². The second-order valence-electron chi connectivity index (χ2n) is 5.32. The van der Waals surface area contributed by atoms with Crippen LogP contribution in [0.3, 0.4) is 0 Å². The van der Waals surface area contributed by atoms with Gasteiger partial charge >= 0.3 is 11.7 Å². The van der Waals surface area contributed by atoms with Gasteiger partial charge in [-0.1, -0.05) is 18.7 Å². The molecule has 2 atom stereocenters. The van der Waals surface area contributed by atoms with E-state index in [9.17, 15) is 9.59 Å². The van der Waals surface area contributed by atoms with E-state index in [1.165, 1.54) is 11.8 Å². The molecule has 8 heteroatoms. The number of aromatic nitrogens is 3. The fraction of sp³-hybridized carbons (Fsp3) is 0.769. The van der Waals surface area contributed by atoms with Gasteiger partial charge in [0.1, 0.15) is 5.54 Å². The number of hydrogen-bond acceptors (Lipinski definition) is 6. The van der Waals surface area contributed by atoms with Crippen molar-refractivity contribution in [3.63, 3.8) is 0 Å². The van der Waals surface area contributed by atoms with Gasteiger partial charge in [-0.3, -0.25) is 9.36 Å². The van der Waals surface area contributed by atoms with Crippen molar-refractivity contribution in [2.45, 2.75) is 62.0 Å². The Balaban J connectivity index is 2.03. The quantitative estimate of drug-likeness (QED) is 0.756. The summed E-state index contributed by atoms with van der Waals surface area (Å²) in [6.45, 7) is 4.76. The van der Waals surface area contributed by atoms with Crippen molar-refractivity contribution in [2.24, 2.45) is 5.73 Å². The van der Waals surface area contributed by atoms with E-state index in [0.29, 0.717) is 31.1 Å². The summed E-state index contributed by atoms with van der Waals surface area (Å²) in [5, 5.41) is 7.37. The summed E-state index contributed by atoms with van der Waals surface area (Å²) in [6, 6.07) is 0. The maximum Gasteiger partial charge on any atom is 0.343 e. The van der Waals surface area contributed by atoms with Crippen LogP contribution in [-0.4, -0.2) is 38.1 Å². The molecule has 2 rings (SSSR count). The fourth-order valence-corrected chi connectivity index (χ4v) is 3.87. The van der Waals surface area contributed by atoms with Gasteiger partial charge in [-0.15, -0.1) is 5.10 Å². The lowest BCUT2D eigenvalue weighted by Crippen LogP contribution is -2.47. The van der Waals surface area contributed by atoms with E-state index in [1.54, 1.807) is 11.5 Å². The van der Waals surface area contributed by atoms with Crippen LogP contribution >= 0.6 is 11.8 Å². The minimum Gasteiger partial charge on any atom is -0.465 e. The molecular weight excluding hydrogens is 292 g/mol. The second kappa shape index (κ2) is 6.65. The summed E-state index contributed by atoms with van der Waals surface area (Å²) in [5.41, 5.74) is 5.05. The fourth-order valence-electron chi connectivity index (χ4n) is 2.55. The lowest BCUT2D eigenvalue weighted by atomic mass is 10.00. The van der Waals surface area contributed by atoms with Gasteiger partial charge in [0.25, 0.3) is 0 Å². The third-order valence-corrected chi connectivity index (χ3v) is 4.89. The van der Waals surface area contributed by atoms with Gasteiger partial charge in [-0.05, 0) is 32.6 Å². The monoisotopic (exact) mass is 314 g/mol. The van der Waals surface area contributed by atoms with Crippen LogP contribution in [-0.2, 0) is 16.1 Å². The van der Waals surface area contributed by atoms with Crippen LogP contribution in [0.25, 0.3) is 0 Å². The van der Waals surface area contributed by atoms with E-state index in [1.807, 2.05) is 6.92 Å². The Morgan fingerprint density at radius 3 is 3.05 bits per heavy atom. The van der Waals surface area contributed by atoms with Gasteiger partial charge in [0, 0.05) is 11.8 Å². The Morgan fingerprint density at radius 2 is 2.38 bits per heavy atom. The lowest BCUT2D eigenvalue weighted by Gasteiger charge is -2.21. The third-order valence-electron chi connectivity index (χ3n) is 3.63. The molecule has 0 bridgehead atoms. The normalized spacial score (nSPS) is 25.2. The first-order valence-corrected chi connectivity index (χ1v) is 8.16. The van der Waals surface area contributed by atoms with Gasteiger partial charge in [0.15, 0.2) is 5.16 Å². The van der Waals surface area contributed by atoms with Crippen LogP contribution in [0.4, 0.5) is 0 Å². The predicted molar refractivity (Wildman–Crippen MR) is 80.2 cm³/mol. The first-order valence-electron chi connectivity index (χ1n) is 7.28. The molecule has 0 amide bonds. The largest absolute Gasteiger partial charge is 0.465 e. The molecule has 21 heavy (non-hydrogen) atoms. The molecule has 0 aliphatic heterocycles. The maximum absolute atomic E-state index is 11.9. The Kier molecular flexibility index (Phi) is 5.10. The number of nitrogens with two attached hydrogens (primary N) is 1. The van der Waals surface area contributed by atoms with Crippen LogP contribution < -0.4 is 11.4 Å². The summed E-state index contributed by atoms with van der Waals surface area (Å²) in [4.78, 5) is 23.6. The number of hydrogen-bond donors (Lipinski definition) is 2. The number of aromatic amines is 1. The number of esters is 1. The van der Waals surface area contributed by atoms with Crippen molar-refractivity contribution in [1.29, 1.82) is 0 Å². The molecule has 0 radical (unpaired) electrons. The first-order chi connectivity index (χ1) is 10.00. The van der Waals surface area contributed by atoms with Crippen molar-refractivity contribution in [3.8, 4) is 0 Å². The van der Waals surface area contributed by atoms with Crippen molar-refractivity contribution >= 4 is 17.7 Å². The van der Waals surface area contributed by atoms with Crippen LogP contribution in [0.2, 0.25) is 0 Å². The topological polar surface area (TPSA) is 103 Å². The number of nitrogens with one attached hydrogen (secondary N) is 1. The van der Waals surface area contributed by atoms with Crippen molar-refractivity contribution in [1.82, 2.24) is 14.8 Å². The Bertz CT molecular complexity index is 556. The number of ether oxygens (including phenoxy) is 1. The molecule has 1 aliphatic rings. The van der Waals surface area contributed by atoms with Gasteiger partial charge in [-0.2, -0.15) is 0 Å². The summed E-state index contributed by atoms with van der Waals surface area (Å²) >= 11 is 1.51. The van der Waals surface area contributed by atoms with E-state index in [0.717, 1.165) is 12.8 Å². The molecule has 3 N–H and O–H groups in total. The molecule has 1 heterocycles. The number of H-pyrrole nitrogens is 1. The van der Waals surface area contributed by atoms with Gasteiger partial charge < -0.3 is 10.5 Å². The summed E-state index contributed by atoms with van der Waals surface area (Å²) < 4.78 is 6.67. The Morgan fingerprint density at radius 1 is 1.62 bits per heavy atom. The molecule has 1 aromatic rings. The van der Waals surface area contributed by atoms with E-state index >= 15 is 0 Å². The van der Waals surface area contributed by atoms with Crippen LogP contribution in [0, 0.1) is 0 Å². The minimum atomic E-state index is -0.903. The zero-order valence-electron chi connectivity index (χ0n) is 12.4. The van der Waals surface area contributed by atoms with E-state index in [4.69, 9.17) is 10.5 Å². The van der Waals surface area contributed by atoms with E-state index < -0.39 is 5.54 Å². The van der Waals surface area contributed by atoms with Gasteiger partial charge in [-0.25, -0.2) is 9.89 Å². The number of thioether (sulfide) groups is 1. The molecule has 1 aliphatic carbocycles. The van der Waals surface area contributed by atoms with Crippen molar-refractivity contribution in [2.75, 3.05) is 6.61 Å². The highest BCUT2D eigenvalue weighted by molar-refractivity contribution is 7.99. The number of nitrogens with zero attached hydrogens (tertiary/aromatic N) is 2. The Labute approximate surface area is 127 Å². The number of rotatable bonds is 6. The highest BCUT2D eigenvalue weighted by Crippen LogP contribution is 2.38. The molecule has 118 valence electrons. The van der Waals surface area contributed by atoms with Crippen LogP contribution in [0.5, 0.6) is 0 Å². The molecule has 0 saturated heterocycles. The number of carbonyl (C=O) groups excluding carboxylic acids is 1. The molecule has 1 aromatic heterocycles. The average Bonchev–Trinajstić information content (AvgIpc) is 2.98. The summed E-state index contributed by atoms with van der Waals surface area (Å²) in [7, 11) is 0. The van der Waals surface area contributed by atoms with Gasteiger partial charge in [0.2, 0.25) is 0 Å². The second-order valence-corrected chi connectivity index (χ2v) is 6.59. The van der Waals surface area contributed by atoms with Gasteiger partial charge in [0.05, 0.1) is 6.61 Å². The Hall–Kier alpha value is -1.28. The lowest BCUT2D eigenvalue weighted by molar-refractivity contribution is -0.149. The van der Waals surface area contributed by atoms with Crippen LogP contribution in [0.15, 0.2) is 9.95 Å². The highest BCUT2D eigenvalue weighted by Gasteiger charge is 2.44. The smallest absolute Gasteiger partial charge is 0.343 e. The molecule has 0 spiro atoms. The maximum atomic E-state index is 11.9. The standard InChI is InChI=1S/C13H22N4O3S/c1-3-7-17-11(19)15-16-12(17)21-9-5-6-13(14,8-9)10(18)20-4-2/h9H,3-8,14H2,1-2H3,(H,15,19). The number of carbonyl (C=O) groups is 1. The zero-order chi connectivity index (χ0) is 15.5. The molecule has 1 saturated carbocycles. The predicted octanol–water partition coefficient (Wildman–Crippen LogP) is 0.887. The molecule has 7 nitrogen and oxygen atoms in total. The minimum absolute atomic E-state index is 0.171. The van der Waals surface area contributed by atoms with E-state index in [2.05, 4.69) is 10.2 Å². The average molecular weight is 314 g/mol. The SMILES string of the molecule is CCCn1c(SC2CCC(N)(C(=O)OCC)C2)n[nH]c1=O. The van der Waals surface area contributed by atoms with Crippen molar-refractivity contribution < 1.29 is 9.53 Å². The molecule has 1 fully saturated rings. The third kappa shape index (κ3) is 3.49. The molecule has 2 unspecified atom stereocenters. The summed E-state index contributed by atoms with van der Waals surface area (Å²) in [6.07, 6.45) is 2.82. The first kappa shape index (κ1) is 16.1. The highest BCUT2D eigenvalue weighted by atomic mass is 32.2. The zero-order valence-corrected chi connectivity index (χ0v) is 13.2. The van der Waals surface area contributed by atoms with Crippen LogP contribution in [0.1, 0.15) is 39.5 Å². The molecular formula is C13H22N4O3S. The molecule has 0 aromatic carbocycles. The van der Waals surface area contributed by atoms with Crippen molar-refractivity contribution in [3.05, 3.63) is 10.5 Å².